The molecule has 1 aromatic rings. The zero-order chi connectivity index (χ0) is 16.9. The molecule has 1 aromatic carbocycles. The van der Waals surface area contributed by atoms with Crippen LogP contribution in [-0.4, -0.2) is 25.2 Å². The van der Waals surface area contributed by atoms with Crippen LogP contribution in [0.3, 0.4) is 0 Å². The van der Waals surface area contributed by atoms with Crippen LogP contribution in [0.2, 0.25) is 0 Å². The number of nitrogens with one attached hydrogen (secondary N) is 2. The average molecular weight is 365 g/mol. The fourth-order valence-corrected chi connectivity index (χ4v) is 3.07. The second-order valence-corrected chi connectivity index (χ2v) is 6.31. The van der Waals surface area contributed by atoms with Gasteiger partial charge in [0.05, 0.1) is 6.42 Å². The molecular weight excluding hydrogens is 341 g/mol. The van der Waals surface area contributed by atoms with Crippen LogP contribution in [0.4, 0.5) is 18.9 Å². The normalized spacial score (nSPS) is 17.0. The van der Waals surface area contributed by atoms with E-state index in [-0.39, 0.29) is 29.8 Å². The van der Waals surface area contributed by atoms with Crippen LogP contribution in [0, 0.1) is 11.8 Å². The number of amides is 1. The maximum Gasteiger partial charge on any atom is 0.393 e. The first-order chi connectivity index (χ1) is 10.8. The van der Waals surface area contributed by atoms with E-state index in [1.807, 2.05) is 0 Å². The molecular formula is C17H24ClF3N2O. The third-order valence-electron chi connectivity index (χ3n) is 4.31. The largest absolute Gasteiger partial charge is 0.393 e. The third-order valence-corrected chi connectivity index (χ3v) is 4.31. The van der Waals surface area contributed by atoms with Gasteiger partial charge in [0.1, 0.15) is 0 Å². The van der Waals surface area contributed by atoms with E-state index in [0.29, 0.717) is 18.0 Å². The fourth-order valence-electron chi connectivity index (χ4n) is 3.07. The van der Waals surface area contributed by atoms with Gasteiger partial charge in [-0.15, -0.1) is 12.4 Å². The maximum absolute atomic E-state index is 12.4. The zero-order valence-corrected chi connectivity index (χ0v) is 14.5. The van der Waals surface area contributed by atoms with Gasteiger partial charge >= 0.3 is 6.18 Å². The Morgan fingerprint density at radius 3 is 2.62 bits per heavy atom. The SMILES string of the molecule is CC(CC(=O)Nc1cccc(CC(F)(F)F)c1)C1CCNCC1.Cl. The lowest BCUT2D eigenvalue weighted by molar-refractivity contribution is -0.127. The van der Waals surface area contributed by atoms with Gasteiger partial charge in [-0.1, -0.05) is 19.1 Å². The molecule has 3 nitrogen and oxygen atoms in total. The number of hydrogen-bond donors (Lipinski definition) is 2. The molecule has 2 N–H and O–H groups in total. The summed E-state index contributed by atoms with van der Waals surface area (Å²) in [5.41, 5.74) is 0.580. The number of rotatable bonds is 5. The number of carbonyl (C=O) groups is 1. The molecule has 1 amide bonds. The Morgan fingerprint density at radius 1 is 1.33 bits per heavy atom. The number of carbonyl (C=O) groups excluding carboxylic acids is 1. The van der Waals surface area contributed by atoms with E-state index in [9.17, 15) is 18.0 Å². The highest BCUT2D eigenvalue weighted by molar-refractivity contribution is 5.90. The molecule has 1 unspecified atom stereocenters. The minimum atomic E-state index is -4.24. The summed E-state index contributed by atoms with van der Waals surface area (Å²) >= 11 is 0. The van der Waals surface area contributed by atoms with Crippen molar-refractivity contribution in [3.05, 3.63) is 29.8 Å². The van der Waals surface area contributed by atoms with E-state index < -0.39 is 12.6 Å². The quantitative estimate of drug-likeness (QED) is 0.823. The number of piperidine rings is 1. The monoisotopic (exact) mass is 364 g/mol. The number of hydrogen-bond acceptors (Lipinski definition) is 2. The molecule has 1 aliphatic rings. The van der Waals surface area contributed by atoms with Crippen LogP contribution in [0.1, 0.15) is 31.7 Å². The molecule has 7 heteroatoms. The fraction of sp³-hybridized carbons (Fsp3) is 0.588. The Bertz CT molecular complexity index is 531. The van der Waals surface area contributed by atoms with Crippen molar-refractivity contribution in [3.63, 3.8) is 0 Å². The Morgan fingerprint density at radius 2 is 2.00 bits per heavy atom. The lowest BCUT2D eigenvalue weighted by Gasteiger charge is -2.27. The summed E-state index contributed by atoms with van der Waals surface area (Å²) in [6.45, 7) is 4.03. The summed E-state index contributed by atoms with van der Waals surface area (Å²) in [4.78, 5) is 12.1. The van der Waals surface area contributed by atoms with E-state index in [1.165, 1.54) is 18.2 Å². The molecule has 0 spiro atoms. The lowest BCUT2D eigenvalue weighted by atomic mass is 9.84. The van der Waals surface area contributed by atoms with Gasteiger partial charge in [-0.2, -0.15) is 13.2 Å². The summed E-state index contributed by atoms with van der Waals surface area (Å²) in [7, 11) is 0. The van der Waals surface area contributed by atoms with Crippen molar-refractivity contribution in [2.24, 2.45) is 11.8 Å². The number of alkyl halides is 3. The predicted molar refractivity (Wildman–Crippen MR) is 91.5 cm³/mol. The molecule has 1 fully saturated rings. The van der Waals surface area contributed by atoms with Crippen LogP contribution in [-0.2, 0) is 11.2 Å². The van der Waals surface area contributed by atoms with Crippen molar-refractivity contribution in [3.8, 4) is 0 Å². The first-order valence-electron chi connectivity index (χ1n) is 8.00. The molecule has 1 saturated heterocycles. The minimum absolute atomic E-state index is 0. The third kappa shape index (κ3) is 7.09. The highest BCUT2D eigenvalue weighted by Crippen LogP contribution is 2.25. The Labute approximate surface area is 146 Å². The van der Waals surface area contributed by atoms with E-state index in [2.05, 4.69) is 17.6 Å². The van der Waals surface area contributed by atoms with Gasteiger partial charge in [-0.25, -0.2) is 0 Å². The van der Waals surface area contributed by atoms with Gasteiger partial charge in [0, 0.05) is 12.1 Å². The smallest absolute Gasteiger partial charge is 0.326 e. The number of halogens is 4. The van der Waals surface area contributed by atoms with E-state index in [1.54, 1.807) is 6.07 Å². The molecule has 0 radical (unpaired) electrons. The van der Waals surface area contributed by atoms with Gasteiger partial charge in [0.25, 0.3) is 0 Å². The topological polar surface area (TPSA) is 41.1 Å². The Kier molecular flexibility index (Phi) is 8.03. The molecule has 136 valence electrons. The second kappa shape index (κ2) is 9.28. The summed E-state index contributed by atoms with van der Waals surface area (Å²) in [5, 5.41) is 6.01. The van der Waals surface area contributed by atoms with E-state index >= 15 is 0 Å². The van der Waals surface area contributed by atoms with Gasteiger partial charge in [0.15, 0.2) is 0 Å². The van der Waals surface area contributed by atoms with E-state index in [4.69, 9.17) is 0 Å². The molecule has 0 saturated carbocycles. The van der Waals surface area contributed by atoms with E-state index in [0.717, 1.165) is 25.9 Å². The van der Waals surface area contributed by atoms with Gasteiger partial charge in [0.2, 0.25) is 5.91 Å². The average Bonchev–Trinajstić information content (AvgIpc) is 2.46. The molecule has 1 heterocycles. The highest BCUT2D eigenvalue weighted by atomic mass is 35.5. The van der Waals surface area contributed by atoms with Crippen LogP contribution >= 0.6 is 12.4 Å². The van der Waals surface area contributed by atoms with Crippen LogP contribution < -0.4 is 10.6 Å². The van der Waals surface area contributed by atoms with Crippen LogP contribution in [0.5, 0.6) is 0 Å². The number of benzene rings is 1. The van der Waals surface area contributed by atoms with Crippen LogP contribution in [0.15, 0.2) is 24.3 Å². The summed E-state index contributed by atoms with van der Waals surface area (Å²) in [5.74, 6) is 0.661. The minimum Gasteiger partial charge on any atom is -0.326 e. The summed E-state index contributed by atoms with van der Waals surface area (Å²) < 4.78 is 37.3. The zero-order valence-electron chi connectivity index (χ0n) is 13.7. The van der Waals surface area contributed by atoms with Gasteiger partial charge in [-0.05, 0) is 55.5 Å². The van der Waals surface area contributed by atoms with Crippen molar-refractivity contribution in [1.29, 1.82) is 0 Å². The number of anilines is 1. The predicted octanol–water partition coefficient (Wildman–Crippen LogP) is 4.18. The van der Waals surface area contributed by atoms with Gasteiger partial charge in [-0.3, -0.25) is 4.79 Å². The van der Waals surface area contributed by atoms with Crippen LogP contribution in [0.25, 0.3) is 0 Å². The van der Waals surface area contributed by atoms with Crippen molar-refractivity contribution in [2.75, 3.05) is 18.4 Å². The van der Waals surface area contributed by atoms with Gasteiger partial charge < -0.3 is 10.6 Å². The first kappa shape index (κ1) is 20.8. The molecule has 0 aromatic heterocycles. The van der Waals surface area contributed by atoms with Crippen molar-refractivity contribution in [1.82, 2.24) is 5.32 Å². The first-order valence-corrected chi connectivity index (χ1v) is 8.00. The van der Waals surface area contributed by atoms with Crippen molar-refractivity contribution < 1.29 is 18.0 Å². The molecule has 0 aliphatic carbocycles. The summed E-state index contributed by atoms with van der Waals surface area (Å²) in [6, 6.07) is 5.96. The Balaban J connectivity index is 0.00000288. The summed E-state index contributed by atoms with van der Waals surface area (Å²) in [6.07, 6.45) is -2.70. The highest BCUT2D eigenvalue weighted by Gasteiger charge is 2.27. The second-order valence-electron chi connectivity index (χ2n) is 6.31. The molecule has 2 rings (SSSR count). The molecule has 0 bridgehead atoms. The molecule has 1 atom stereocenters. The maximum atomic E-state index is 12.4. The molecule has 1 aliphatic heterocycles. The van der Waals surface area contributed by atoms with Crippen molar-refractivity contribution in [2.45, 2.75) is 38.8 Å². The standard InChI is InChI=1S/C17H23F3N2O.ClH/c1-12(14-5-7-21-8-6-14)9-16(23)22-15-4-2-3-13(10-15)11-17(18,19)20;/h2-4,10,12,14,21H,5-9,11H2,1H3,(H,22,23);1H. The Hall–Kier alpha value is -1.27. The lowest BCUT2D eigenvalue weighted by Crippen LogP contribution is -2.32. The molecule has 24 heavy (non-hydrogen) atoms. The van der Waals surface area contributed by atoms with Crippen molar-refractivity contribution >= 4 is 24.0 Å².